The third kappa shape index (κ3) is 3.44. The summed E-state index contributed by atoms with van der Waals surface area (Å²) in [4.78, 5) is 0. The second-order valence-corrected chi connectivity index (χ2v) is 4.26. The number of unbranched alkanes of at least 4 members (excludes halogenated alkanes) is 3. The summed E-state index contributed by atoms with van der Waals surface area (Å²) in [7, 11) is 0. The lowest BCUT2D eigenvalue weighted by atomic mass is 10.1. The zero-order chi connectivity index (χ0) is 12.0. The molecule has 1 rings (SSSR count). The minimum Gasteiger partial charge on any atom is -0.504 e. The van der Waals surface area contributed by atoms with Gasteiger partial charge in [-0.3, -0.25) is 0 Å². The molecule has 0 aromatic heterocycles. The van der Waals surface area contributed by atoms with E-state index >= 15 is 0 Å². The van der Waals surface area contributed by atoms with Crippen LogP contribution in [0.4, 0.5) is 0 Å². The molecular formula is C14H22O2. The third-order valence-corrected chi connectivity index (χ3v) is 2.90. The quantitative estimate of drug-likeness (QED) is 0.738. The van der Waals surface area contributed by atoms with Crippen LogP contribution in [0.3, 0.4) is 0 Å². The molecule has 0 aliphatic rings. The number of aryl methyl sites for hydroxylation is 1. The Bertz CT molecular complexity index is 332. The maximum atomic E-state index is 9.69. The zero-order valence-corrected chi connectivity index (χ0v) is 10.5. The predicted molar refractivity (Wildman–Crippen MR) is 67.2 cm³/mol. The van der Waals surface area contributed by atoms with E-state index in [2.05, 4.69) is 6.92 Å². The number of hydrogen-bond acceptors (Lipinski definition) is 2. The molecule has 0 spiro atoms. The largest absolute Gasteiger partial charge is 0.504 e. The second kappa shape index (κ2) is 6.41. The van der Waals surface area contributed by atoms with Gasteiger partial charge in [-0.25, -0.2) is 0 Å². The molecule has 0 radical (unpaired) electrons. The van der Waals surface area contributed by atoms with Crippen LogP contribution < -0.4 is 4.74 Å². The van der Waals surface area contributed by atoms with Crippen LogP contribution in [0.1, 0.15) is 43.7 Å². The summed E-state index contributed by atoms with van der Waals surface area (Å²) in [5.74, 6) is 0.898. The van der Waals surface area contributed by atoms with Crippen molar-refractivity contribution in [3.63, 3.8) is 0 Å². The Balaban J connectivity index is 2.50. The van der Waals surface area contributed by atoms with Crippen LogP contribution in [0, 0.1) is 13.8 Å². The molecule has 0 saturated heterocycles. The van der Waals surface area contributed by atoms with Gasteiger partial charge >= 0.3 is 0 Å². The summed E-state index contributed by atoms with van der Waals surface area (Å²) < 4.78 is 5.64. The number of phenolic OH excluding ortho intramolecular Hbond substituents is 1. The van der Waals surface area contributed by atoms with Gasteiger partial charge in [-0.2, -0.15) is 0 Å². The second-order valence-electron chi connectivity index (χ2n) is 4.26. The van der Waals surface area contributed by atoms with Crippen molar-refractivity contribution in [2.75, 3.05) is 6.61 Å². The molecule has 0 saturated carbocycles. The molecule has 0 unspecified atom stereocenters. The molecule has 90 valence electrons. The minimum atomic E-state index is 0.249. The lowest BCUT2D eigenvalue weighted by Gasteiger charge is -2.12. The highest BCUT2D eigenvalue weighted by Gasteiger charge is 2.07. The monoisotopic (exact) mass is 222 g/mol. The van der Waals surface area contributed by atoms with Crippen molar-refractivity contribution < 1.29 is 9.84 Å². The van der Waals surface area contributed by atoms with Gasteiger partial charge < -0.3 is 9.84 Å². The van der Waals surface area contributed by atoms with Gasteiger partial charge in [-0.05, 0) is 37.5 Å². The molecule has 0 atom stereocenters. The first kappa shape index (κ1) is 12.9. The lowest BCUT2D eigenvalue weighted by Crippen LogP contribution is -2.00. The molecular weight excluding hydrogens is 200 g/mol. The average Bonchev–Trinajstić information content (AvgIpc) is 2.28. The van der Waals surface area contributed by atoms with Gasteiger partial charge in [-0.1, -0.05) is 32.3 Å². The summed E-state index contributed by atoms with van der Waals surface area (Å²) in [5.41, 5.74) is 2.19. The fourth-order valence-corrected chi connectivity index (χ4v) is 1.66. The Labute approximate surface area is 98.3 Å². The van der Waals surface area contributed by atoms with Crippen LogP contribution in [0.2, 0.25) is 0 Å². The van der Waals surface area contributed by atoms with E-state index in [0.29, 0.717) is 12.4 Å². The van der Waals surface area contributed by atoms with E-state index in [4.69, 9.17) is 4.74 Å². The van der Waals surface area contributed by atoms with Crippen molar-refractivity contribution in [3.05, 3.63) is 23.3 Å². The van der Waals surface area contributed by atoms with Crippen molar-refractivity contribution in [2.45, 2.75) is 46.5 Å². The van der Waals surface area contributed by atoms with Gasteiger partial charge in [0.25, 0.3) is 0 Å². The van der Waals surface area contributed by atoms with Gasteiger partial charge in [0, 0.05) is 0 Å². The summed E-state index contributed by atoms with van der Waals surface area (Å²) in [5, 5.41) is 9.69. The summed E-state index contributed by atoms with van der Waals surface area (Å²) in [6.45, 7) is 6.89. The highest BCUT2D eigenvalue weighted by molar-refractivity contribution is 5.48. The molecule has 0 fully saturated rings. The van der Waals surface area contributed by atoms with Crippen molar-refractivity contribution >= 4 is 0 Å². The molecule has 1 aromatic rings. The van der Waals surface area contributed by atoms with Crippen LogP contribution in [0.5, 0.6) is 11.5 Å². The Kier molecular flexibility index (Phi) is 5.17. The molecule has 1 aromatic carbocycles. The van der Waals surface area contributed by atoms with Crippen molar-refractivity contribution in [1.82, 2.24) is 0 Å². The van der Waals surface area contributed by atoms with Crippen LogP contribution >= 0.6 is 0 Å². The SMILES string of the molecule is CCCCCCOc1c(O)ccc(C)c1C. The molecule has 0 amide bonds. The maximum absolute atomic E-state index is 9.69. The van der Waals surface area contributed by atoms with Gasteiger partial charge in [-0.15, -0.1) is 0 Å². The summed E-state index contributed by atoms with van der Waals surface area (Å²) >= 11 is 0. The van der Waals surface area contributed by atoms with Gasteiger partial charge in [0.1, 0.15) is 0 Å². The maximum Gasteiger partial charge on any atom is 0.164 e. The topological polar surface area (TPSA) is 29.5 Å². The fraction of sp³-hybridized carbons (Fsp3) is 0.571. The highest BCUT2D eigenvalue weighted by Crippen LogP contribution is 2.31. The Hall–Kier alpha value is -1.18. The van der Waals surface area contributed by atoms with E-state index in [-0.39, 0.29) is 5.75 Å². The van der Waals surface area contributed by atoms with E-state index in [1.165, 1.54) is 19.3 Å². The van der Waals surface area contributed by atoms with E-state index in [1.807, 2.05) is 19.9 Å². The summed E-state index contributed by atoms with van der Waals surface area (Å²) in [6.07, 6.45) is 4.74. The minimum absolute atomic E-state index is 0.249. The van der Waals surface area contributed by atoms with Crippen molar-refractivity contribution in [1.29, 1.82) is 0 Å². The lowest BCUT2D eigenvalue weighted by molar-refractivity contribution is 0.287. The molecule has 1 N–H and O–H groups in total. The molecule has 2 nitrogen and oxygen atoms in total. The zero-order valence-electron chi connectivity index (χ0n) is 10.5. The molecule has 0 bridgehead atoms. The number of aromatic hydroxyl groups is 1. The Morgan fingerprint density at radius 2 is 1.88 bits per heavy atom. The fourth-order valence-electron chi connectivity index (χ4n) is 1.66. The number of benzene rings is 1. The molecule has 2 heteroatoms. The first-order valence-corrected chi connectivity index (χ1v) is 6.08. The molecule has 0 heterocycles. The van der Waals surface area contributed by atoms with Crippen molar-refractivity contribution in [3.8, 4) is 11.5 Å². The van der Waals surface area contributed by atoms with Crippen LogP contribution in [-0.4, -0.2) is 11.7 Å². The standard InChI is InChI=1S/C14H22O2/c1-4-5-6-7-10-16-14-12(3)11(2)8-9-13(14)15/h8-9,15H,4-7,10H2,1-3H3. The summed E-state index contributed by atoms with van der Waals surface area (Å²) in [6, 6.07) is 3.61. The molecule has 0 aliphatic heterocycles. The van der Waals surface area contributed by atoms with E-state index in [0.717, 1.165) is 17.5 Å². The smallest absolute Gasteiger partial charge is 0.164 e. The highest BCUT2D eigenvalue weighted by atomic mass is 16.5. The normalized spacial score (nSPS) is 10.4. The van der Waals surface area contributed by atoms with Gasteiger partial charge in [0.05, 0.1) is 6.61 Å². The molecule has 0 aliphatic carbocycles. The van der Waals surface area contributed by atoms with Gasteiger partial charge in [0.15, 0.2) is 11.5 Å². The first-order valence-electron chi connectivity index (χ1n) is 6.08. The third-order valence-electron chi connectivity index (χ3n) is 2.90. The Morgan fingerprint density at radius 1 is 1.12 bits per heavy atom. The van der Waals surface area contributed by atoms with E-state index < -0.39 is 0 Å². The van der Waals surface area contributed by atoms with Crippen LogP contribution in [-0.2, 0) is 0 Å². The Morgan fingerprint density at radius 3 is 2.56 bits per heavy atom. The van der Waals surface area contributed by atoms with Crippen molar-refractivity contribution in [2.24, 2.45) is 0 Å². The average molecular weight is 222 g/mol. The van der Waals surface area contributed by atoms with E-state index in [9.17, 15) is 5.11 Å². The van der Waals surface area contributed by atoms with E-state index in [1.54, 1.807) is 6.07 Å². The predicted octanol–water partition coefficient (Wildman–Crippen LogP) is 3.97. The van der Waals surface area contributed by atoms with Gasteiger partial charge in [0.2, 0.25) is 0 Å². The van der Waals surface area contributed by atoms with Crippen LogP contribution in [0.25, 0.3) is 0 Å². The first-order chi connectivity index (χ1) is 7.66. The number of hydrogen-bond donors (Lipinski definition) is 1. The number of ether oxygens (including phenoxy) is 1. The molecule has 16 heavy (non-hydrogen) atoms. The number of phenols is 1. The number of rotatable bonds is 6. The van der Waals surface area contributed by atoms with Crippen LogP contribution in [0.15, 0.2) is 12.1 Å².